The highest BCUT2D eigenvalue weighted by Crippen LogP contribution is 2.38. The molecule has 3 rings (SSSR count). The van der Waals surface area contributed by atoms with Crippen molar-refractivity contribution >= 4 is 5.82 Å². The van der Waals surface area contributed by atoms with Crippen LogP contribution in [-0.4, -0.2) is 24.6 Å². The zero-order valence-corrected chi connectivity index (χ0v) is 12.3. The van der Waals surface area contributed by atoms with E-state index in [1.165, 1.54) is 30.5 Å². The van der Waals surface area contributed by atoms with Crippen LogP contribution >= 0.6 is 0 Å². The molecule has 2 atom stereocenters. The van der Waals surface area contributed by atoms with Gasteiger partial charge in [0.15, 0.2) is 0 Å². The summed E-state index contributed by atoms with van der Waals surface area (Å²) in [6.45, 7) is 6.57. The van der Waals surface area contributed by atoms with Crippen LogP contribution in [0.25, 0.3) is 0 Å². The number of anilines is 1. The molecule has 2 aliphatic rings. The molecule has 2 unspecified atom stereocenters. The van der Waals surface area contributed by atoms with Crippen molar-refractivity contribution in [3.05, 3.63) is 23.4 Å². The van der Waals surface area contributed by atoms with E-state index in [0.717, 1.165) is 36.8 Å². The molecular formula is C16H25N3. The second-order valence-electron chi connectivity index (χ2n) is 6.42. The second kappa shape index (κ2) is 5.12. The minimum Gasteiger partial charge on any atom is -0.359 e. The van der Waals surface area contributed by atoms with Crippen molar-refractivity contribution in [1.29, 1.82) is 0 Å². The molecule has 0 aliphatic heterocycles. The molecule has 2 saturated carbocycles. The summed E-state index contributed by atoms with van der Waals surface area (Å²) in [5.74, 6) is 2.90. The third-order valence-electron chi connectivity index (χ3n) is 4.51. The maximum atomic E-state index is 4.76. The molecule has 2 fully saturated rings. The van der Waals surface area contributed by atoms with Gasteiger partial charge in [-0.15, -0.1) is 0 Å². The molecule has 1 heterocycles. The zero-order valence-electron chi connectivity index (χ0n) is 12.3. The van der Waals surface area contributed by atoms with Crippen molar-refractivity contribution in [3.8, 4) is 0 Å². The summed E-state index contributed by atoms with van der Waals surface area (Å²) >= 11 is 0. The molecule has 3 nitrogen and oxygen atoms in total. The summed E-state index contributed by atoms with van der Waals surface area (Å²) in [7, 11) is 2.16. The summed E-state index contributed by atoms with van der Waals surface area (Å²) in [6, 6.07) is 5.17. The van der Waals surface area contributed by atoms with Gasteiger partial charge in [-0.3, -0.25) is 0 Å². The molecular weight excluding hydrogens is 234 g/mol. The minimum atomic E-state index is 0.762. The maximum absolute atomic E-state index is 4.76. The van der Waals surface area contributed by atoms with Crippen LogP contribution < -0.4 is 10.2 Å². The van der Waals surface area contributed by atoms with E-state index >= 15 is 0 Å². The lowest BCUT2D eigenvalue weighted by Gasteiger charge is -2.19. The number of aromatic nitrogens is 1. The Balaban J connectivity index is 1.60. The fourth-order valence-corrected chi connectivity index (χ4v) is 2.62. The third-order valence-corrected chi connectivity index (χ3v) is 4.51. The van der Waals surface area contributed by atoms with Crippen molar-refractivity contribution in [3.63, 3.8) is 0 Å². The van der Waals surface area contributed by atoms with Crippen molar-refractivity contribution in [2.24, 2.45) is 11.8 Å². The topological polar surface area (TPSA) is 28.2 Å². The smallest absolute Gasteiger partial charge is 0.128 e. The van der Waals surface area contributed by atoms with Crippen molar-refractivity contribution in [1.82, 2.24) is 10.3 Å². The highest BCUT2D eigenvalue weighted by atomic mass is 15.2. The van der Waals surface area contributed by atoms with Crippen LogP contribution in [0, 0.1) is 18.8 Å². The van der Waals surface area contributed by atoms with E-state index in [9.17, 15) is 0 Å². The predicted molar refractivity (Wildman–Crippen MR) is 79.4 cm³/mol. The Bertz CT molecular complexity index is 453. The monoisotopic (exact) mass is 259 g/mol. The molecule has 1 aromatic heterocycles. The molecule has 104 valence electrons. The molecule has 1 aromatic rings. The van der Waals surface area contributed by atoms with E-state index in [4.69, 9.17) is 4.98 Å². The van der Waals surface area contributed by atoms with E-state index < -0.39 is 0 Å². The van der Waals surface area contributed by atoms with E-state index in [1.807, 2.05) is 0 Å². The molecule has 1 N–H and O–H groups in total. The van der Waals surface area contributed by atoms with Crippen LogP contribution in [0.4, 0.5) is 5.82 Å². The first-order chi connectivity index (χ1) is 9.13. The molecule has 2 aliphatic carbocycles. The predicted octanol–water partition coefficient (Wildman–Crippen LogP) is 2.73. The lowest BCUT2D eigenvalue weighted by Crippen LogP contribution is -2.22. The van der Waals surface area contributed by atoms with Gasteiger partial charge in [-0.25, -0.2) is 4.98 Å². The first-order valence-electron chi connectivity index (χ1n) is 7.54. The summed E-state index contributed by atoms with van der Waals surface area (Å²) in [6.07, 6.45) is 4.06. The maximum Gasteiger partial charge on any atom is 0.128 e. The normalized spacial score (nSPS) is 25.4. The van der Waals surface area contributed by atoms with Crippen LogP contribution in [0.3, 0.4) is 0 Å². The number of pyridine rings is 1. The fraction of sp³-hybridized carbons (Fsp3) is 0.688. The average Bonchev–Trinajstić information content (AvgIpc) is 3.28. The first kappa shape index (κ1) is 12.9. The zero-order chi connectivity index (χ0) is 13.4. The lowest BCUT2D eigenvalue weighted by molar-refractivity contribution is 0.680. The van der Waals surface area contributed by atoms with E-state index in [-0.39, 0.29) is 0 Å². The standard InChI is InChI=1S/C16H25N3/c1-11-8-14(11)10-19(3)16-7-4-13(12(2)18-16)9-17-15-5-6-15/h4,7,11,14-15,17H,5-6,8-10H2,1-3H3. The summed E-state index contributed by atoms with van der Waals surface area (Å²) in [5, 5.41) is 3.56. The van der Waals surface area contributed by atoms with Gasteiger partial charge in [0, 0.05) is 31.9 Å². The van der Waals surface area contributed by atoms with Gasteiger partial charge < -0.3 is 10.2 Å². The highest BCUT2D eigenvalue weighted by molar-refractivity contribution is 5.41. The third kappa shape index (κ3) is 3.27. The van der Waals surface area contributed by atoms with Gasteiger partial charge in [-0.05, 0) is 49.7 Å². The van der Waals surface area contributed by atoms with Crippen molar-refractivity contribution < 1.29 is 0 Å². The van der Waals surface area contributed by atoms with Gasteiger partial charge in [0.2, 0.25) is 0 Å². The Hall–Kier alpha value is -1.09. The number of hydrogen-bond donors (Lipinski definition) is 1. The molecule has 0 bridgehead atoms. The second-order valence-corrected chi connectivity index (χ2v) is 6.42. The summed E-state index contributed by atoms with van der Waals surface area (Å²) < 4.78 is 0. The fourth-order valence-electron chi connectivity index (χ4n) is 2.62. The lowest BCUT2D eigenvalue weighted by atomic mass is 10.2. The van der Waals surface area contributed by atoms with Crippen LogP contribution in [0.2, 0.25) is 0 Å². The molecule has 19 heavy (non-hydrogen) atoms. The Morgan fingerprint density at radius 1 is 1.37 bits per heavy atom. The number of aryl methyl sites for hydroxylation is 1. The van der Waals surface area contributed by atoms with E-state index in [2.05, 4.69) is 43.2 Å². The van der Waals surface area contributed by atoms with E-state index in [1.54, 1.807) is 0 Å². The van der Waals surface area contributed by atoms with Crippen molar-refractivity contribution in [2.75, 3.05) is 18.5 Å². The number of hydrogen-bond acceptors (Lipinski definition) is 3. The quantitative estimate of drug-likeness (QED) is 0.851. The van der Waals surface area contributed by atoms with Crippen LogP contribution in [0.5, 0.6) is 0 Å². The Morgan fingerprint density at radius 2 is 2.11 bits per heavy atom. The SMILES string of the molecule is Cc1nc(N(C)CC2CC2C)ccc1CNC1CC1. The first-order valence-corrected chi connectivity index (χ1v) is 7.54. The minimum absolute atomic E-state index is 0.762. The Labute approximate surface area is 116 Å². The van der Waals surface area contributed by atoms with Gasteiger partial charge in [-0.1, -0.05) is 13.0 Å². The molecule has 0 radical (unpaired) electrons. The largest absolute Gasteiger partial charge is 0.359 e. The highest BCUT2D eigenvalue weighted by Gasteiger charge is 2.33. The van der Waals surface area contributed by atoms with Gasteiger partial charge in [0.05, 0.1) is 0 Å². The summed E-state index contributed by atoms with van der Waals surface area (Å²) in [5.41, 5.74) is 2.50. The number of rotatable bonds is 6. The van der Waals surface area contributed by atoms with Crippen LogP contribution in [-0.2, 0) is 6.54 Å². The Kier molecular flexibility index (Phi) is 3.48. The molecule has 0 saturated heterocycles. The molecule has 0 amide bonds. The van der Waals surface area contributed by atoms with Gasteiger partial charge in [0.25, 0.3) is 0 Å². The van der Waals surface area contributed by atoms with Gasteiger partial charge in [-0.2, -0.15) is 0 Å². The number of nitrogens with zero attached hydrogens (tertiary/aromatic N) is 2. The Morgan fingerprint density at radius 3 is 2.68 bits per heavy atom. The number of nitrogens with one attached hydrogen (secondary N) is 1. The van der Waals surface area contributed by atoms with Crippen LogP contribution in [0.15, 0.2) is 12.1 Å². The van der Waals surface area contributed by atoms with Crippen molar-refractivity contribution in [2.45, 2.75) is 45.7 Å². The molecule has 3 heteroatoms. The van der Waals surface area contributed by atoms with Gasteiger partial charge in [0.1, 0.15) is 5.82 Å². The van der Waals surface area contributed by atoms with Gasteiger partial charge >= 0.3 is 0 Å². The summed E-state index contributed by atoms with van der Waals surface area (Å²) in [4.78, 5) is 7.07. The molecule has 0 spiro atoms. The molecule has 0 aromatic carbocycles. The van der Waals surface area contributed by atoms with E-state index in [0.29, 0.717) is 0 Å². The van der Waals surface area contributed by atoms with Crippen LogP contribution in [0.1, 0.15) is 37.4 Å². The average molecular weight is 259 g/mol.